The molecule has 0 saturated carbocycles. The first-order valence-corrected chi connectivity index (χ1v) is 12.0. The summed E-state index contributed by atoms with van der Waals surface area (Å²) in [5, 5.41) is 8.01. The molecule has 1 aromatic heterocycles. The van der Waals surface area contributed by atoms with Gasteiger partial charge >= 0.3 is 0 Å². The zero-order chi connectivity index (χ0) is 20.9. The number of amides is 1. The van der Waals surface area contributed by atoms with Crippen molar-refractivity contribution in [3.63, 3.8) is 0 Å². The monoisotopic (exact) mass is 425 g/mol. The number of carbonyl (C=O) groups is 1. The highest BCUT2D eigenvalue weighted by atomic mass is 32.2. The van der Waals surface area contributed by atoms with Gasteiger partial charge in [0.15, 0.2) is 5.76 Å². The van der Waals surface area contributed by atoms with Crippen molar-refractivity contribution in [3.05, 3.63) is 54.1 Å². The Bertz CT molecular complexity index is 1190. The quantitative estimate of drug-likeness (QED) is 0.693. The number of benzene rings is 2. The zero-order valence-electron chi connectivity index (χ0n) is 16.6. The van der Waals surface area contributed by atoms with Crippen LogP contribution in [0.25, 0.3) is 22.2 Å². The van der Waals surface area contributed by atoms with Gasteiger partial charge in [-0.2, -0.15) is 4.31 Å². The van der Waals surface area contributed by atoms with Crippen molar-refractivity contribution in [2.45, 2.75) is 43.8 Å². The van der Waals surface area contributed by atoms with E-state index in [1.54, 1.807) is 16.4 Å². The van der Waals surface area contributed by atoms with E-state index in [0.717, 1.165) is 23.8 Å². The van der Waals surface area contributed by atoms with Crippen molar-refractivity contribution >= 4 is 26.8 Å². The van der Waals surface area contributed by atoms with E-state index in [9.17, 15) is 13.2 Å². The van der Waals surface area contributed by atoms with Gasteiger partial charge in [0.05, 0.1) is 11.6 Å². The number of carbonyl (C=O) groups excluding carboxylic acids is 1. The SMILES string of the molecule is CS(=O)(=O)N1[C@H]2CC[C@H]1CC(NC(=O)c1ccc3noc(-c4ccccc4)c3c1)C2. The lowest BCUT2D eigenvalue weighted by atomic mass is 9.99. The van der Waals surface area contributed by atoms with Gasteiger partial charge in [-0.15, -0.1) is 0 Å². The summed E-state index contributed by atoms with van der Waals surface area (Å²) in [7, 11) is -3.21. The Labute approximate surface area is 175 Å². The molecule has 2 fully saturated rings. The Morgan fingerprint density at radius 3 is 2.47 bits per heavy atom. The summed E-state index contributed by atoms with van der Waals surface area (Å²) >= 11 is 0. The number of sulfonamides is 1. The summed E-state index contributed by atoms with van der Waals surface area (Å²) in [5.41, 5.74) is 2.15. The molecule has 2 atom stereocenters. The number of fused-ring (bicyclic) bond motifs is 3. The number of rotatable bonds is 4. The van der Waals surface area contributed by atoms with Crippen LogP contribution in [0.15, 0.2) is 53.1 Å². The average molecular weight is 426 g/mol. The number of aromatic nitrogens is 1. The van der Waals surface area contributed by atoms with Gasteiger partial charge < -0.3 is 9.84 Å². The fourth-order valence-corrected chi connectivity index (χ4v) is 6.41. The maximum Gasteiger partial charge on any atom is 0.251 e. The van der Waals surface area contributed by atoms with Crippen molar-refractivity contribution in [2.24, 2.45) is 0 Å². The molecule has 8 heteroatoms. The fourth-order valence-electron chi connectivity index (χ4n) is 4.94. The van der Waals surface area contributed by atoms with Crippen LogP contribution in [0.4, 0.5) is 0 Å². The maximum atomic E-state index is 12.9. The van der Waals surface area contributed by atoms with Crippen molar-refractivity contribution in [2.75, 3.05) is 6.26 Å². The van der Waals surface area contributed by atoms with E-state index in [-0.39, 0.29) is 24.0 Å². The van der Waals surface area contributed by atoms with E-state index < -0.39 is 10.0 Å². The second kappa shape index (κ2) is 7.21. The summed E-state index contributed by atoms with van der Waals surface area (Å²) in [6, 6.07) is 15.0. The molecule has 3 heterocycles. The van der Waals surface area contributed by atoms with E-state index in [1.807, 2.05) is 36.4 Å². The highest BCUT2D eigenvalue weighted by Gasteiger charge is 2.45. The summed E-state index contributed by atoms with van der Waals surface area (Å²) in [6.45, 7) is 0. The molecule has 156 valence electrons. The lowest BCUT2D eigenvalue weighted by Gasteiger charge is -2.37. The summed E-state index contributed by atoms with van der Waals surface area (Å²) in [6.07, 6.45) is 4.30. The van der Waals surface area contributed by atoms with Crippen LogP contribution in [0.3, 0.4) is 0 Å². The third-order valence-corrected chi connectivity index (χ3v) is 7.52. The number of piperidine rings is 1. The Balaban J connectivity index is 1.36. The molecule has 0 radical (unpaired) electrons. The zero-order valence-corrected chi connectivity index (χ0v) is 17.4. The van der Waals surface area contributed by atoms with Crippen molar-refractivity contribution in [3.8, 4) is 11.3 Å². The second-order valence-electron chi connectivity index (χ2n) is 8.23. The Morgan fingerprint density at radius 2 is 1.80 bits per heavy atom. The lowest BCUT2D eigenvalue weighted by Crippen LogP contribution is -2.52. The third kappa shape index (κ3) is 3.40. The molecule has 3 aromatic rings. The van der Waals surface area contributed by atoms with Crippen LogP contribution in [0, 0.1) is 0 Å². The minimum Gasteiger partial charge on any atom is -0.355 e. The molecule has 2 aliphatic heterocycles. The van der Waals surface area contributed by atoms with Gasteiger partial charge in [-0.05, 0) is 43.9 Å². The molecular weight excluding hydrogens is 402 g/mol. The van der Waals surface area contributed by atoms with Crippen LogP contribution in [0.1, 0.15) is 36.0 Å². The molecule has 0 aliphatic carbocycles. The predicted octanol–water partition coefficient (Wildman–Crippen LogP) is 3.18. The predicted molar refractivity (Wildman–Crippen MR) is 113 cm³/mol. The lowest BCUT2D eigenvalue weighted by molar-refractivity contribution is 0.0909. The van der Waals surface area contributed by atoms with Crippen molar-refractivity contribution in [1.82, 2.24) is 14.8 Å². The molecule has 30 heavy (non-hydrogen) atoms. The number of nitrogens with zero attached hydrogens (tertiary/aromatic N) is 2. The van der Waals surface area contributed by atoms with Gasteiger partial charge in [0, 0.05) is 29.3 Å². The number of nitrogens with one attached hydrogen (secondary N) is 1. The van der Waals surface area contributed by atoms with Gasteiger partial charge in [0.25, 0.3) is 5.91 Å². The Morgan fingerprint density at radius 1 is 1.10 bits per heavy atom. The average Bonchev–Trinajstić information content (AvgIpc) is 3.27. The van der Waals surface area contributed by atoms with Crippen LogP contribution < -0.4 is 5.32 Å². The molecule has 0 spiro atoms. The number of hydrogen-bond donors (Lipinski definition) is 1. The molecule has 1 N–H and O–H groups in total. The van der Waals surface area contributed by atoms with Crippen molar-refractivity contribution in [1.29, 1.82) is 0 Å². The van der Waals surface area contributed by atoms with Crippen LogP contribution in [-0.2, 0) is 10.0 Å². The van der Waals surface area contributed by atoms with E-state index in [4.69, 9.17) is 4.52 Å². The highest BCUT2D eigenvalue weighted by Crippen LogP contribution is 2.37. The van der Waals surface area contributed by atoms with Crippen LogP contribution in [0.2, 0.25) is 0 Å². The van der Waals surface area contributed by atoms with Gasteiger partial charge in [-0.25, -0.2) is 8.42 Å². The van der Waals surface area contributed by atoms with Gasteiger partial charge in [0.1, 0.15) is 5.52 Å². The minimum atomic E-state index is -3.21. The summed E-state index contributed by atoms with van der Waals surface area (Å²) in [4.78, 5) is 12.9. The topological polar surface area (TPSA) is 92.5 Å². The Hall–Kier alpha value is -2.71. The minimum absolute atomic E-state index is 0.0192. The van der Waals surface area contributed by atoms with Gasteiger partial charge in [-0.1, -0.05) is 35.5 Å². The first-order valence-electron chi connectivity index (χ1n) is 10.1. The molecule has 0 unspecified atom stereocenters. The van der Waals surface area contributed by atoms with E-state index in [2.05, 4.69) is 10.5 Å². The molecular formula is C22H23N3O4S. The van der Waals surface area contributed by atoms with E-state index >= 15 is 0 Å². The largest absolute Gasteiger partial charge is 0.355 e. The summed E-state index contributed by atoms with van der Waals surface area (Å²) in [5.74, 6) is 0.481. The molecule has 5 rings (SSSR count). The Kier molecular flexibility index (Phi) is 4.63. The normalized spacial score (nSPS) is 24.2. The van der Waals surface area contributed by atoms with Crippen LogP contribution in [0.5, 0.6) is 0 Å². The first kappa shape index (κ1) is 19.3. The van der Waals surface area contributed by atoms with E-state index in [0.29, 0.717) is 29.7 Å². The van der Waals surface area contributed by atoms with Gasteiger partial charge in [0.2, 0.25) is 10.0 Å². The molecule has 2 aromatic carbocycles. The standard InChI is InChI=1S/C22H23N3O4S/c1-30(27,28)25-17-8-9-18(25)13-16(12-17)23-22(26)15-7-10-20-19(11-15)21(29-24-20)14-5-3-2-4-6-14/h2-7,10-11,16-18H,8-9,12-13H2,1H3,(H,23,26)/t17-,18-/m0/s1. The highest BCUT2D eigenvalue weighted by molar-refractivity contribution is 7.88. The second-order valence-corrected chi connectivity index (χ2v) is 10.1. The maximum absolute atomic E-state index is 12.9. The third-order valence-electron chi connectivity index (χ3n) is 6.16. The van der Waals surface area contributed by atoms with Crippen molar-refractivity contribution < 1.29 is 17.7 Å². The molecule has 7 nitrogen and oxygen atoms in total. The smallest absolute Gasteiger partial charge is 0.251 e. The van der Waals surface area contributed by atoms with Gasteiger partial charge in [-0.3, -0.25) is 4.79 Å². The molecule has 2 aliphatic rings. The fraction of sp³-hybridized carbons (Fsp3) is 0.364. The first-order chi connectivity index (χ1) is 14.4. The number of hydrogen-bond acceptors (Lipinski definition) is 5. The molecule has 2 bridgehead atoms. The molecule has 2 saturated heterocycles. The van der Waals surface area contributed by atoms with E-state index in [1.165, 1.54) is 6.26 Å². The summed E-state index contributed by atoms with van der Waals surface area (Å²) < 4.78 is 31.3. The van der Waals surface area contributed by atoms with Crippen LogP contribution >= 0.6 is 0 Å². The molecule has 1 amide bonds. The van der Waals surface area contributed by atoms with Crippen LogP contribution in [-0.4, -0.2) is 48.2 Å².